The van der Waals surface area contributed by atoms with Crippen LogP contribution in [0.25, 0.3) is 0 Å². The van der Waals surface area contributed by atoms with Gasteiger partial charge in [0, 0.05) is 11.9 Å². The molecule has 0 saturated heterocycles. The van der Waals surface area contributed by atoms with Gasteiger partial charge in [-0.15, -0.1) is 0 Å². The van der Waals surface area contributed by atoms with Crippen molar-refractivity contribution in [1.82, 2.24) is 0 Å². The lowest BCUT2D eigenvalue weighted by Gasteiger charge is -1.92. The predicted molar refractivity (Wildman–Crippen MR) is 42.8 cm³/mol. The molecular weight excluding hydrogens is 110 g/mol. The summed E-state index contributed by atoms with van der Waals surface area (Å²) in [4.78, 5) is 4.17. The standard InChI is InChI=1S/C8H15N/c1-4-7-8(5-2)9-6-3/h6-7H,4-5H2,1-3H3/b8-7-,9-6?. The summed E-state index contributed by atoms with van der Waals surface area (Å²) in [5.41, 5.74) is 1.19. The van der Waals surface area contributed by atoms with Gasteiger partial charge in [-0.2, -0.15) is 0 Å². The van der Waals surface area contributed by atoms with Crippen molar-refractivity contribution in [3.05, 3.63) is 11.8 Å². The van der Waals surface area contributed by atoms with Gasteiger partial charge in [-0.3, -0.25) is 4.99 Å². The first-order valence-electron chi connectivity index (χ1n) is 3.52. The van der Waals surface area contributed by atoms with Gasteiger partial charge in [-0.1, -0.05) is 19.9 Å². The number of allylic oxidation sites excluding steroid dienone is 2. The van der Waals surface area contributed by atoms with Crippen molar-refractivity contribution < 1.29 is 0 Å². The SMILES string of the molecule is CC=N/C(=C\CC)CC. The van der Waals surface area contributed by atoms with E-state index in [1.165, 1.54) is 5.70 Å². The molecule has 0 aliphatic heterocycles. The summed E-state index contributed by atoms with van der Waals surface area (Å²) < 4.78 is 0. The van der Waals surface area contributed by atoms with Gasteiger partial charge in [0.15, 0.2) is 0 Å². The molecule has 0 aliphatic rings. The molecule has 0 unspecified atom stereocenters. The van der Waals surface area contributed by atoms with Crippen molar-refractivity contribution in [2.45, 2.75) is 33.6 Å². The van der Waals surface area contributed by atoms with Crippen LogP contribution in [-0.2, 0) is 0 Å². The van der Waals surface area contributed by atoms with Gasteiger partial charge in [0.1, 0.15) is 0 Å². The lowest BCUT2D eigenvalue weighted by molar-refractivity contribution is 1.03. The summed E-state index contributed by atoms with van der Waals surface area (Å²) in [5, 5.41) is 0. The highest BCUT2D eigenvalue weighted by Gasteiger charge is 1.83. The second-order valence-electron chi connectivity index (χ2n) is 1.84. The highest BCUT2D eigenvalue weighted by Crippen LogP contribution is 2.01. The normalized spacial score (nSPS) is 13.0. The van der Waals surface area contributed by atoms with Gasteiger partial charge in [0.25, 0.3) is 0 Å². The summed E-state index contributed by atoms with van der Waals surface area (Å²) in [6.07, 6.45) is 6.11. The summed E-state index contributed by atoms with van der Waals surface area (Å²) in [6, 6.07) is 0. The topological polar surface area (TPSA) is 12.4 Å². The monoisotopic (exact) mass is 125 g/mol. The molecule has 9 heavy (non-hydrogen) atoms. The molecule has 52 valence electrons. The van der Waals surface area contributed by atoms with Crippen molar-refractivity contribution in [3.63, 3.8) is 0 Å². The van der Waals surface area contributed by atoms with E-state index in [4.69, 9.17) is 0 Å². The first-order valence-corrected chi connectivity index (χ1v) is 3.52. The maximum Gasteiger partial charge on any atom is 0.0356 e. The minimum atomic E-state index is 1.04. The fraction of sp³-hybridized carbons (Fsp3) is 0.625. The van der Waals surface area contributed by atoms with E-state index >= 15 is 0 Å². The summed E-state index contributed by atoms with van der Waals surface area (Å²) >= 11 is 0. The molecule has 0 aromatic heterocycles. The van der Waals surface area contributed by atoms with Crippen molar-refractivity contribution in [2.75, 3.05) is 0 Å². The molecule has 0 spiro atoms. The van der Waals surface area contributed by atoms with Crippen LogP contribution in [0.15, 0.2) is 16.8 Å². The van der Waals surface area contributed by atoms with Crippen molar-refractivity contribution in [3.8, 4) is 0 Å². The van der Waals surface area contributed by atoms with Gasteiger partial charge in [-0.25, -0.2) is 0 Å². The van der Waals surface area contributed by atoms with Crippen LogP contribution >= 0.6 is 0 Å². The van der Waals surface area contributed by atoms with Crippen LogP contribution < -0.4 is 0 Å². The zero-order chi connectivity index (χ0) is 7.11. The molecule has 1 nitrogen and oxygen atoms in total. The number of nitrogens with zero attached hydrogens (tertiary/aromatic N) is 1. The maximum absolute atomic E-state index is 4.17. The van der Waals surface area contributed by atoms with E-state index in [-0.39, 0.29) is 0 Å². The quantitative estimate of drug-likeness (QED) is 0.514. The maximum atomic E-state index is 4.17. The van der Waals surface area contributed by atoms with Crippen molar-refractivity contribution in [1.29, 1.82) is 0 Å². The van der Waals surface area contributed by atoms with E-state index in [2.05, 4.69) is 24.9 Å². The van der Waals surface area contributed by atoms with Crippen LogP contribution in [-0.4, -0.2) is 6.21 Å². The minimum Gasteiger partial charge on any atom is -0.266 e. The van der Waals surface area contributed by atoms with Crippen molar-refractivity contribution in [2.24, 2.45) is 4.99 Å². The highest BCUT2D eigenvalue weighted by molar-refractivity contribution is 5.55. The predicted octanol–water partition coefficient (Wildman–Crippen LogP) is 2.78. The van der Waals surface area contributed by atoms with Crippen LogP contribution in [0.1, 0.15) is 33.6 Å². The number of hydrogen-bond acceptors (Lipinski definition) is 1. The average Bonchev–Trinajstić information content (AvgIpc) is 1.88. The van der Waals surface area contributed by atoms with Crippen LogP contribution in [0.5, 0.6) is 0 Å². The van der Waals surface area contributed by atoms with E-state index in [0.29, 0.717) is 0 Å². The molecule has 0 atom stereocenters. The Labute approximate surface area is 57.5 Å². The molecule has 0 amide bonds. The van der Waals surface area contributed by atoms with Gasteiger partial charge < -0.3 is 0 Å². The molecule has 1 heteroatoms. The molecule has 0 fully saturated rings. The third-order valence-corrected chi connectivity index (χ3v) is 1.10. The van der Waals surface area contributed by atoms with E-state index in [0.717, 1.165) is 12.8 Å². The van der Waals surface area contributed by atoms with Gasteiger partial charge in [-0.05, 0) is 19.8 Å². The summed E-state index contributed by atoms with van der Waals surface area (Å²) in [5.74, 6) is 0. The zero-order valence-corrected chi connectivity index (χ0v) is 6.52. The molecule has 0 bridgehead atoms. The third-order valence-electron chi connectivity index (χ3n) is 1.10. The Kier molecular flexibility index (Phi) is 5.18. The second-order valence-corrected chi connectivity index (χ2v) is 1.84. The molecule has 0 heterocycles. The zero-order valence-electron chi connectivity index (χ0n) is 6.52. The molecule has 0 aromatic rings. The Bertz CT molecular complexity index is 112. The second kappa shape index (κ2) is 5.54. The van der Waals surface area contributed by atoms with Crippen LogP contribution in [0, 0.1) is 0 Å². The first-order chi connectivity index (χ1) is 4.35. The first kappa shape index (κ1) is 8.41. The molecule has 0 N–H and O–H groups in total. The lowest BCUT2D eigenvalue weighted by Crippen LogP contribution is -1.74. The molecule has 0 saturated carbocycles. The Morgan fingerprint density at radius 2 is 2.11 bits per heavy atom. The Hall–Kier alpha value is -0.590. The number of rotatable bonds is 3. The molecule has 0 aliphatic carbocycles. The fourth-order valence-electron chi connectivity index (χ4n) is 0.690. The van der Waals surface area contributed by atoms with E-state index in [1.54, 1.807) is 0 Å². The van der Waals surface area contributed by atoms with E-state index in [1.807, 2.05) is 13.1 Å². The number of aliphatic imine (C=N–C) groups is 1. The largest absolute Gasteiger partial charge is 0.266 e. The summed E-state index contributed by atoms with van der Waals surface area (Å²) in [7, 11) is 0. The van der Waals surface area contributed by atoms with E-state index < -0.39 is 0 Å². The number of hydrogen-bond donors (Lipinski definition) is 0. The molecule has 0 radical (unpaired) electrons. The average molecular weight is 125 g/mol. The van der Waals surface area contributed by atoms with Crippen molar-refractivity contribution >= 4 is 6.21 Å². The third kappa shape index (κ3) is 3.95. The molecular formula is C8H15N. The molecule has 0 aromatic carbocycles. The van der Waals surface area contributed by atoms with Gasteiger partial charge in [0.05, 0.1) is 0 Å². The summed E-state index contributed by atoms with van der Waals surface area (Å²) in [6.45, 7) is 6.19. The van der Waals surface area contributed by atoms with Crippen LogP contribution in [0.2, 0.25) is 0 Å². The molecule has 0 rings (SSSR count). The lowest BCUT2D eigenvalue weighted by atomic mass is 10.3. The minimum absolute atomic E-state index is 1.04. The Morgan fingerprint density at radius 3 is 2.44 bits per heavy atom. The van der Waals surface area contributed by atoms with E-state index in [9.17, 15) is 0 Å². The van der Waals surface area contributed by atoms with Crippen LogP contribution in [0.3, 0.4) is 0 Å². The Morgan fingerprint density at radius 1 is 1.44 bits per heavy atom. The van der Waals surface area contributed by atoms with Gasteiger partial charge >= 0.3 is 0 Å². The highest BCUT2D eigenvalue weighted by atomic mass is 14.7. The fourth-order valence-corrected chi connectivity index (χ4v) is 0.690. The smallest absolute Gasteiger partial charge is 0.0356 e. The van der Waals surface area contributed by atoms with Crippen LogP contribution in [0.4, 0.5) is 0 Å². The van der Waals surface area contributed by atoms with Gasteiger partial charge in [0.2, 0.25) is 0 Å². The Balaban J connectivity index is 3.81.